The van der Waals surface area contributed by atoms with Gasteiger partial charge in [0.1, 0.15) is 11.9 Å². The van der Waals surface area contributed by atoms with Crippen molar-refractivity contribution in [3.8, 4) is 5.75 Å². The van der Waals surface area contributed by atoms with Gasteiger partial charge in [0.2, 0.25) is 0 Å². The summed E-state index contributed by atoms with van der Waals surface area (Å²) in [5, 5.41) is 14.0. The van der Waals surface area contributed by atoms with Crippen molar-refractivity contribution < 1.29 is 9.84 Å². The van der Waals surface area contributed by atoms with Gasteiger partial charge in [-0.05, 0) is 47.0 Å². The molecule has 1 aromatic heterocycles. The van der Waals surface area contributed by atoms with Crippen molar-refractivity contribution >= 4 is 11.3 Å². The van der Waals surface area contributed by atoms with Gasteiger partial charge in [-0.1, -0.05) is 12.1 Å². The van der Waals surface area contributed by atoms with Crippen LogP contribution in [0.25, 0.3) is 0 Å². The van der Waals surface area contributed by atoms with Crippen LogP contribution in [0.5, 0.6) is 5.75 Å². The van der Waals surface area contributed by atoms with Crippen molar-refractivity contribution in [1.82, 2.24) is 0 Å². The molecule has 1 heterocycles. The number of rotatable bonds is 4. The molecule has 16 heavy (non-hydrogen) atoms. The minimum atomic E-state index is -0.563. The molecule has 0 saturated heterocycles. The summed E-state index contributed by atoms with van der Waals surface area (Å²) in [5.41, 5.74) is 1.79. The normalized spacial score (nSPS) is 12.4. The summed E-state index contributed by atoms with van der Waals surface area (Å²) in [6.07, 6.45) is -0.563. The maximum absolute atomic E-state index is 10.1. The highest BCUT2D eigenvalue weighted by molar-refractivity contribution is 7.07. The summed E-state index contributed by atoms with van der Waals surface area (Å²) in [6, 6.07) is 9.52. The molecule has 2 rings (SSSR count). The summed E-state index contributed by atoms with van der Waals surface area (Å²) in [7, 11) is 0. The zero-order valence-corrected chi connectivity index (χ0v) is 9.91. The van der Waals surface area contributed by atoms with E-state index in [-0.39, 0.29) is 0 Å². The van der Waals surface area contributed by atoms with E-state index in [1.807, 2.05) is 48.0 Å². The molecule has 1 aromatic carbocycles. The van der Waals surface area contributed by atoms with Gasteiger partial charge >= 0.3 is 0 Å². The van der Waals surface area contributed by atoms with E-state index >= 15 is 0 Å². The molecule has 1 N–H and O–H groups in total. The first-order valence-electron chi connectivity index (χ1n) is 5.24. The Balaban J connectivity index is 2.23. The lowest BCUT2D eigenvalue weighted by Crippen LogP contribution is -1.99. The van der Waals surface area contributed by atoms with Crippen LogP contribution < -0.4 is 4.74 Å². The third-order valence-electron chi connectivity index (χ3n) is 2.34. The molecule has 2 aromatic rings. The average Bonchev–Trinajstić information content (AvgIpc) is 2.82. The molecule has 0 aliphatic heterocycles. The molecular formula is C13H14O2S. The highest BCUT2D eigenvalue weighted by Gasteiger charge is 2.11. The molecule has 2 nitrogen and oxygen atoms in total. The Morgan fingerprint density at radius 3 is 2.88 bits per heavy atom. The Morgan fingerprint density at radius 1 is 1.31 bits per heavy atom. The molecule has 1 unspecified atom stereocenters. The molecule has 0 bridgehead atoms. The highest BCUT2D eigenvalue weighted by Crippen LogP contribution is 2.26. The van der Waals surface area contributed by atoms with Crippen molar-refractivity contribution in [3.63, 3.8) is 0 Å². The summed E-state index contributed by atoms with van der Waals surface area (Å²) >= 11 is 1.59. The van der Waals surface area contributed by atoms with Crippen LogP contribution in [0.15, 0.2) is 41.1 Å². The van der Waals surface area contributed by atoms with Crippen LogP contribution >= 0.6 is 11.3 Å². The Morgan fingerprint density at radius 2 is 2.19 bits per heavy atom. The van der Waals surface area contributed by atoms with E-state index in [9.17, 15) is 5.11 Å². The summed E-state index contributed by atoms with van der Waals surface area (Å²) < 4.78 is 5.41. The van der Waals surface area contributed by atoms with Crippen LogP contribution in [-0.2, 0) is 0 Å². The first kappa shape index (κ1) is 11.2. The van der Waals surface area contributed by atoms with Gasteiger partial charge in [0.15, 0.2) is 0 Å². The van der Waals surface area contributed by atoms with Crippen LogP contribution in [0.3, 0.4) is 0 Å². The predicted molar refractivity (Wildman–Crippen MR) is 66.0 cm³/mol. The monoisotopic (exact) mass is 234 g/mol. The van der Waals surface area contributed by atoms with E-state index in [0.29, 0.717) is 6.61 Å². The van der Waals surface area contributed by atoms with Crippen LogP contribution in [0.1, 0.15) is 24.2 Å². The quantitative estimate of drug-likeness (QED) is 0.880. The molecule has 0 aliphatic carbocycles. The van der Waals surface area contributed by atoms with Crippen LogP contribution in [0.4, 0.5) is 0 Å². The second kappa shape index (κ2) is 5.14. The molecule has 0 radical (unpaired) electrons. The van der Waals surface area contributed by atoms with Crippen LogP contribution in [-0.4, -0.2) is 11.7 Å². The number of aliphatic hydroxyl groups is 1. The molecule has 0 aliphatic rings. The number of ether oxygens (including phenoxy) is 1. The Kier molecular flexibility index (Phi) is 3.59. The molecule has 1 atom stereocenters. The Bertz CT molecular complexity index is 437. The van der Waals surface area contributed by atoms with E-state index < -0.39 is 6.10 Å². The van der Waals surface area contributed by atoms with Crippen molar-refractivity contribution in [1.29, 1.82) is 0 Å². The lowest BCUT2D eigenvalue weighted by Gasteiger charge is -2.11. The van der Waals surface area contributed by atoms with E-state index in [2.05, 4.69) is 0 Å². The number of hydrogen-bond donors (Lipinski definition) is 1. The molecule has 0 spiro atoms. The third kappa shape index (κ3) is 2.43. The molecule has 3 heteroatoms. The summed E-state index contributed by atoms with van der Waals surface area (Å²) in [5.74, 6) is 0.800. The highest BCUT2D eigenvalue weighted by atomic mass is 32.1. The van der Waals surface area contributed by atoms with Gasteiger partial charge in [0.05, 0.1) is 6.61 Å². The maximum atomic E-state index is 10.1. The SMILES string of the molecule is CCOc1cccc(C(O)c2ccsc2)c1. The molecule has 84 valence electrons. The first-order valence-corrected chi connectivity index (χ1v) is 6.18. The van der Waals surface area contributed by atoms with Crippen molar-refractivity contribution in [2.75, 3.05) is 6.61 Å². The van der Waals surface area contributed by atoms with E-state index in [1.54, 1.807) is 11.3 Å². The number of thiophene rings is 1. The van der Waals surface area contributed by atoms with Gasteiger partial charge < -0.3 is 9.84 Å². The molecule has 0 fully saturated rings. The van der Waals surface area contributed by atoms with Gasteiger partial charge in [0.25, 0.3) is 0 Å². The number of hydrogen-bond acceptors (Lipinski definition) is 3. The summed E-state index contributed by atoms with van der Waals surface area (Å²) in [6.45, 7) is 2.58. The fourth-order valence-corrected chi connectivity index (χ4v) is 2.24. The zero-order chi connectivity index (χ0) is 11.4. The van der Waals surface area contributed by atoms with Gasteiger partial charge in [-0.2, -0.15) is 11.3 Å². The van der Waals surface area contributed by atoms with Crippen LogP contribution in [0, 0.1) is 0 Å². The van der Waals surface area contributed by atoms with Gasteiger partial charge in [-0.15, -0.1) is 0 Å². The van der Waals surface area contributed by atoms with Crippen molar-refractivity contribution in [3.05, 3.63) is 52.2 Å². The second-order valence-corrected chi connectivity index (χ2v) is 4.24. The lowest BCUT2D eigenvalue weighted by atomic mass is 10.0. The molecule has 0 amide bonds. The largest absolute Gasteiger partial charge is 0.494 e. The van der Waals surface area contributed by atoms with Crippen LogP contribution in [0.2, 0.25) is 0 Å². The first-order chi connectivity index (χ1) is 7.81. The zero-order valence-electron chi connectivity index (χ0n) is 9.09. The molecular weight excluding hydrogens is 220 g/mol. The van der Waals surface area contributed by atoms with Gasteiger partial charge in [-0.3, -0.25) is 0 Å². The maximum Gasteiger partial charge on any atom is 0.119 e. The number of benzene rings is 1. The predicted octanol–water partition coefficient (Wildman–Crippen LogP) is 3.23. The Labute approximate surface area is 99.1 Å². The van der Waals surface area contributed by atoms with Crippen molar-refractivity contribution in [2.24, 2.45) is 0 Å². The average molecular weight is 234 g/mol. The van der Waals surface area contributed by atoms with Gasteiger partial charge in [0, 0.05) is 0 Å². The minimum absolute atomic E-state index is 0.563. The van der Waals surface area contributed by atoms with E-state index in [4.69, 9.17) is 4.74 Å². The number of aliphatic hydroxyl groups excluding tert-OH is 1. The smallest absolute Gasteiger partial charge is 0.119 e. The molecule has 0 saturated carbocycles. The topological polar surface area (TPSA) is 29.5 Å². The standard InChI is InChI=1S/C13H14O2S/c1-2-15-12-5-3-4-10(8-12)13(14)11-6-7-16-9-11/h3-9,13-14H,2H2,1H3. The fourth-order valence-electron chi connectivity index (χ4n) is 1.56. The van der Waals surface area contributed by atoms with E-state index in [1.165, 1.54) is 0 Å². The third-order valence-corrected chi connectivity index (χ3v) is 3.05. The Hall–Kier alpha value is -1.32. The fraction of sp³-hybridized carbons (Fsp3) is 0.231. The second-order valence-electron chi connectivity index (χ2n) is 3.46. The van der Waals surface area contributed by atoms with Gasteiger partial charge in [-0.25, -0.2) is 0 Å². The lowest BCUT2D eigenvalue weighted by molar-refractivity contribution is 0.220. The van der Waals surface area contributed by atoms with Crippen molar-refractivity contribution in [2.45, 2.75) is 13.0 Å². The van der Waals surface area contributed by atoms with E-state index in [0.717, 1.165) is 16.9 Å². The summed E-state index contributed by atoms with van der Waals surface area (Å²) in [4.78, 5) is 0. The minimum Gasteiger partial charge on any atom is -0.494 e.